The quantitative estimate of drug-likeness (QED) is 0.624. The summed E-state index contributed by atoms with van der Waals surface area (Å²) < 4.78 is 0. The third kappa shape index (κ3) is 2.98. The SMILES string of the molecule is CNC(C)C1=CCCCCCC1. The lowest BCUT2D eigenvalue weighted by atomic mass is 9.96. The summed E-state index contributed by atoms with van der Waals surface area (Å²) in [4.78, 5) is 0. The van der Waals surface area contributed by atoms with Crippen molar-refractivity contribution in [1.29, 1.82) is 0 Å². The van der Waals surface area contributed by atoms with Gasteiger partial charge < -0.3 is 5.32 Å². The molecule has 0 aromatic carbocycles. The van der Waals surface area contributed by atoms with Gasteiger partial charge in [-0.2, -0.15) is 0 Å². The zero-order valence-corrected chi connectivity index (χ0v) is 8.40. The lowest BCUT2D eigenvalue weighted by molar-refractivity contribution is 0.580. The van der Waals surface area contributed by atoms with Gasteiger partial charge in [0, 0.05) is 6.04 Å². The van der Waals surface area contributed by atoms with Crippen LogP contribution in [0.5, 0.6) is 0 Å². The van der Waals surface area contributed by atoms with Crippen molar-refractivity contribution < 1.29 is 0 Å². The van der Waals surface area contributed by atoms with Crippen molar-refractivity contribution in [3.05, 3.63) is 11.6 Å². The van der Waals surface area contributed by atoms with Crippen LogP contribution in [0.4, 0.5) is 0 Å². The Morgan fingerprint density at radius 2 is 2.00 bits per heavy atom. The molecule has 1 unspecified atom stereocenters. The summed E-state index contributed by atoms with van der Waals surface area (Å²) in [5.74, 6) is 0. The van der Waals surface area contributed by atoms with Crippen molar-refractivity contribution in [2.24, 2.45) is 0 Å². The lowest BCUT2D eigenvalue weighted by Crippen LogP contribution is -2.23. The Labute approximate surface area is 76.2 Å². The van der Waals surface area contributed by atoms with Crippen LogP contribution in [0.3, 0.4) is 0 Å². The van der Waals surface area contributed by atoms with Crippen LogP contribution in [-0.4, -0.2) is 13.1 Å². The van der Waals surface area contributed by atoms with Crippen molar-refractivity contribution in [1.82, 2.24) is 5.32 Å². The second-order valence-electron chi connectivity index (χ2n) is 3.74. The van der Waals surface area contributed by atoms with Gasteiger partial charge in [-0.25, -0.2) is 0 Å². The molecular formula is C11H21N. The maximum absolute atomic E-state index is 3.31. The van der Waals surface area contributed by atoms with Crippen LogP contribution in [0.25, 0.3) is 0 Å². The van der Waals surface area contributed by atoms with E-state index in [1.807, 2.05) is 7.05 Å². The first-order valence-corrected chi connectivity index (χ1v) is 5.21. The maximum atomic E-state index is 3.31. The number of hydrogen-bond donors (Lipinski definition) is 1. The average molecular weight is 167 g/mol. The van der Waals surface area contributed by atoms with Gasteiger partial charge in [0.1, 0.15) is 0 Å². The van der Waals surface area contributed by atoms with Gasteiger partial charge in [0.2, 0.25) is 0 Å². The fourth-order valence-electron chi connectivity index (χ4n) is 1.80. The van der Waals surface area contributed by atoms with Crippen LogP contribution in [0.2, 0.25) is 0 Å². The summed E-state index contributed by atoms with van der Waals surface area (Å²) in [5, 5.41) is 3.31. The summed E-state index contributed by atoms with van der Waals surface area (Å²) in [6.07, 6.45) is 10.7. The predicted octanol–water partition coefficient (Wildman–Crippen LogP) is 2.87. The molecule has 1 nitrogen and oxygen atoms in total. The van der Waals surface area contributed by atoms with E-state index in [4.69, 9.17) is 0 Å². The molecule has 1 heteroatoms. The zero-order valence-electron chi connectivity index (χ0n) is 8.40. The number of nitrogens with one attached hydrogen (secondary N) is 1. The van der Waals surface area contributed by atoms with Crippen molar-refractivity contribution in [2.75, 3.05) is 7.05 Å². The first-order chi connectivity index (χ1) is 5.84. The number of allylic oxidation sites excluding steroid dienone is 1. The molecule has 0 amide bonds. The van der Waals surface area contributed by atoms with Gasteiger partial charge in [-0.05, 0) is 39.7 Å². The maximum Gasteiger partial charge on any atom is 0.0248 e. The fraction of sp³-hybridized carbons (Fsp3) is 0.818. The molecule has 1 atom stereocenters. The van der Waals surface area contributed by atoms with Gasteiger partial charge in [0.25, 0.3) is 0 Å². The van der Waals surface area contributed by atoms with Gasteiger partial charge in [-0.1, -0.05) is 24.5 Å². The number of likely N-dealkylation sites (N-methyl/N-ethyl adjacent to an activating group) is 1. The highest BCUT2D eigenvalue weighted by molar-refractivity contribution is 5.09. The highest BCUT2D eigenvalue weighted by Crippen LogP contribution is 2.19. The Balaban J connectivity index is 2.46. The van der Waals surface area contributed by atoms with E-state index in [2.05, 4.69) is 18.3 Å². The first kappa shape index (κ1) is 9.79. The molecule has 0 saturated heterocycles. The van der Waals surface area contributed by atoms with E-state index in [0.29, 0.717) is 6.04 Å². The van der Waals surface area contributed by atoms with Gasteiger partial charge in [0.15, 0.2) is 0 Å². The Morgan fingerprint density at radius 3 is 2.75 bits per heavy atom. The molecule has 1 N–H and O–H groups in total. The van der Waals surface area contributed by atoms with E-state index in [1.165, 1.54) is 38.5 Å². The molecule has 0 radical (unpaired) electrons. The van der Waals surface area contributed by atoms with Crippen molar-refractivity contribution in [2.45, 2.75) is 51.5 Å². The second kappa shape index (κ2) is 5.36. The molecule has 0 heterocycles. The third-order valence-electron chi connectivity index (χ3n) is 2.82. The number of rotatable bonds is 2. The highest BCUT2D eigenvalue weighted by atomic mass is 14.9. The smallest absolute Gasteiger partial charge is 0.0248 e. The minimum Gasteiger partial charge on any atom is -0.314 e. The minimum absolute atomic E-state index is 0.586. The summed E-state index contributed by atoms with van der Waals surface area (Å²) in [7, 11) is 2.05. The van der Waals surface area contributed by atoms with E-state index in [-0.39, 0.29) is 0 Å². The van der Waals surface area contributed by atoms with Gasteiger partial charge in [0.05, 0.1) is 0 Å². The monoisotopic (exact) mass is 167 g/mol. The van der Waals surface area contributed by atoms with Crippen LogP contribution in [0.1, 0.15) is 45.4 Å². The van der Waals surface area contributed by atoms with Crippen LogP contribution in [0.15, 0.2) is 11.6 Å². The fourth-order valence-corrected chi connectivity index (χ4v) is 1.80. The topological polar surface area (TPSA) is 12.0 Å². The van der Waals surface area contributed by atoms with Crippen LogP contribution in [0, 0.1) is 0 Å². The molecule has 0 fully saturated rings. The molecular weight excluding hydrogens is 146 g/mol. The average Bonchev–Trinajstić information content (AvgIpc) is 2.02. The van der Waals surface area contributed by atoms with Gasteiger partial charge in [-0.15, -0.1) is 0 Å². The molecule has 1 rings (SSSR count). The summed E-state index contributed by atoms with van der Waals surface area (Å²) in [6, 6.07) is 0.586. The van der Waals surface area contributed by atoms with E-state index < -0.39 is 0 Å². The van der Waals surface area contributed by atoms with Crippen LogP contribution < -0.4 is 5.32 Å². The molecule has 0 spiro atoms. The minimum atomic E-state index is 0.586. The number of hydrogen-bond acceptors (Lipinski definition) is 1. The Morgan fingerprint density at radius 1 is 1.25 bits per heavy atom. The molecule has 1 aliphatic carbocycles. The van der Waals surface area contributed by atoms with Gasteiger partial charge in [-0.3, -0.25) is 0 Å². The highest BCUT2D eigenvalue weighted by Gasteiger charge is 2.07. The van der Waals surface area contributed by atoms with Crippen molar-refractivity contribution >= 4 is 0 Å². The van der Waals surface area contributed by atoms with Gasteiger partial charge >= 0.3 is 0 Å². The molecule has 0 aliphatic heterocycles. The summed E-state index contributed by atoms with van der Waals surface area (Å²) in [6.45, 7) is 2.26. The van der Waals surface area contributed by atoms with Crippen molar-refractivity contribution in [3.63, 3.8) is 0 Å². The standard InChI is InChI=1S/C11H21N/c1-10(12-2)11-8-6-4-3-5-7-9-11/h8,10,12H,3-7,9H2,1-2H3. The van der Waals surface area contributed by atoms with Crippen LogP contribution >= 0.6 is 0 Å². The molecule has 0 saturated carbocycles. The van der Waals surface area contributed by atoms with E-state index in [9.17, 15) is 0 Å². The van der Waals surface area contributed by atoms with E-state index in [0.717, 1.165) is 0 Å². The first-order valence-electron chi connectivity index (χ1n) is 5.21. The Kier molecular flexibility index (Phi) is 4.37. The molecule has 0 aromatic rings. The van der Waals surface area contributed by atoms with Crippen molar-refractivity contribution in [3.8, 4) is 0 Å². The molecule has 12 heavy (non-hydrogen) atoms. The molecule has 70 valence electrons. The lowest BCUT2D eigenvalue weighted by Gasteiger charge is -2.17. The van der Waals surface area contributed by atoms with E-state index in [1.54, 1.807) is 5.57 Å². The zero-order chi connectivity index (χ0) is 8.81. The Hall–Kier alpha value is -0.300. The van der Waals surface area contributed by atoms with E-state index >= 15 is 0 Å². The summed E-state index contributed by atoms with van der Waals surface area (Å²) >= 11 is 0. The second-order valence-corrected chi connectivity index (χ2v) is 3.74. The van der Waals surface area contributed by atoms with Crippen LogP contribution in [-0.2, 0) is 0 Å². The predicted molar refractivity (Wildman–Crippen MR) is 54.3 cm³/mol. The normalized spacial score (nSPS) is 22.3. The molecule has 0 aromatic heterocycles. The largest absolute Gasteiger partial charge is 0.314 e. The Bertz CT molecular complexity index is 149. The molecule has 0 bridgehead atoms. The molecule has 1 aliphatic rings. The third-order valence-corrected chi connectivity index (χ3v) is 2.82. The summed E-state index contributed by atoms with van der Waals surface area (Å²) in [5.41, 5.74) is 1.62.